The quantitative estimate of drug-likeness (QED) is 0.638. The van der Waals surface area contributed by atoms with Crippen LogP contribution in [-0.4, -0.2) is 46.4 Å². The van der Waals surface area contributed by atoms with Crippen molar-refractivity contribution in [1.29, 1.82) is 0 Å². The second-order valence-corrected chi connectivity index (χ2v) is 8.47. The smallest absolute Gasteiger partial charge is 0.338 e. The molecule has 1 atom stereocenters. The van der Waals surface area contributed by atoms with Gasteiger partial charge in [-0.1, -0.05) is 12.1 Å². The summed E-state index contributed by atoms with van der Waals surface area (Å²) in [6.45, 7) is 2.29. The summed E-state index contributed by atoms with van der Waals surface area (Å²) < 4.78 is 40.9. The summed E-state index contributed by atoms with van der Waals surface area (Å²) in [6, 6.07) is 10.9. The van der Waals surface area contributed by atoms with Gasteiger partial charge in [0.15, 0.2) is 18.1 Å². The van der Waals surface area contributed by atoms with E-state index in [1.54, 1.807) is 19.1 Å². The molecule has 1 aliphatic heterocycles. The molecule has 1 heterocycles. The van der Waals surface area contributed by atoms with Crippen LogP contribution in [0.25, 0.3) is 0 Å². The van der Waals surface area contributed by atoms with E-state index in [0.29, 0.717) is 24.7 Å². The maximum absolute atomic E-state index is 12.2. The number of amides is 1. The Morgan fingerprint density at radius 1 is 1.10 bits per heavy atom. The van der Waals surface area contributed by atoms with E-state index in [2.05, 4.69) is 10.0 Å². The fourth-order valence-corrected chi connectivity index (χ4v) is 3.39. The van der Waals surface area contributed by atoms with Crippen LogP contribution in [0.5, 0.6) is 11.5 Å². The van der Waals surface area contributed by atoms with E-state index in [0.717, 1.165) is 11.8 Å². The molecule has 30 heavy (non-hydrogen) atoms. The third kappa shape index (κ3) is 5.86. The first-order valence-electron chi connectivity index (χ1n) is 9.15. The Balaban J connectivity index is 1.54. The van der Waals surface area contributed by atoms with Crippen LogP contribution in [0.4, 0.5) is 5.69 Å². The molecule has 1 aliphatic rings. The van der Waals surface area contributed by atoms with Crippen LogP contribution in [-0.2, 0) is 19.6 Å². The molecule has 9 nitrogen and oxygen atoms in total. The number of fused-ring (bicyclic) bond motifs is 1. The van der Waals surface area contributed by atoms with Crippen LogP contribution >= 0.6 is 0 Å². The molecule has 2 aromatic rings. The lowest BCUT2D eigenvalue weighted by Gasteiger charge is -2.21. The molecule has 2 N–H and O–H groups in total. The predicted octanol–water partition coefficient (Wildman–Crippen LogP) is 1.86. The van der Waals surface area contributed by atoms with Crippen molar-refractivity contribution in [3.8, 4) is 11.5 Å². The highest BCUT2D eigenvalue weighted by molar-refractivity contribution is 7.92. The average molecular weight is 434 g/mol. The Kier molecular flexibility index (Phi) is 6.46. The van der Waals surface area contributed by atoms with Crippen molar-refractivity contribution in [2.75, 3.05) is 30.8 Å². The molecule has 2 aromatic carbocycles. The van der Waals surface area contributed by atoms with Crippen molar-refractivity contribution in [3.05, 3.63) is 53.6 Å². The Hall–Kier alpha value is -3.27. The molecule has 0 spiro atoms. The molecule has 0 radical (unpaired) electrons. The first-order valence-corrected chi connectivity index (χ1v) is 11.0. The van der Waals surface area contributed by atoms with Gasteiger partial charge in [0, 0.05) is 5.69 Å². The second-order valence-electron chi connectivity index (χ2n) is 6.72. The molecule has 0 saturated carbocycles. The molecule has 3 rings (SSSR count). The number of rotatable bonds is 7. The molecule has 0 saturated heterocycles. The number of hydrogen-bond acceptors (Lipinski definition) is 7. The number of benzene rings is 2. The van der Waals surface area contributed by atoms with Crippen LogP contribution in [0.2, 0.25) is 0 Å². The molecule has 0 aliphatic carbocycles. The van der Waals surface area contributed by atoms with Gasteiger partial charge in [0.1, 0.15) is 13.2 Å². The predicted molar refractivity (Wildman–Crippen MR) is 109 cm³/mol. The zero-order valence-electron chi connectivity index (χ0n) is 16.5. The number of anilines is 1. The summed E-state index contributed by atoms with van der Waals surface area (Å²) in [5.74, 6) is 0.0596. The zero-order valence-corrected chi connectivity index (χ0v) is 17.3. The van der Waals surface area contributed by atoms with Crippen molar-refractivity contribution in [3.63, 3.8) is 0 Å². The highest BCUT2D eigenvalue weighted by Crippen LogP contribution is 2.32. The highest BCUT2D eigenvalue weighted by atomic mass is 32.2. The number of nitrogens with one attached hydrogen (secondary N) is 2. The summed E-state index contributed by atoms with van der Waals surface area (Å²) in [5, 5.41) is 2.75. The fourth-order valence-electron chi connectivity index (χ4n) is 2.83. The molecular weight excluding hydrogens is 412 g/mol. The fraction of sp³-hybridized carbons (Fsp3) is 0.300. The summed E-state index contributed by atoms with van der Waals surface area (Å²) in [6.07, 6.45) is 1.01. The van der Waals surface area contributed by atoms with Gasteiger partial charge in [0.2, 0.25) is 10.0 Å². The topological polar surface area (TPSA) is 120 Å². The van der Waals surface area contributed by atoms with E-state index in [4.69, 9.17) is 14.2 Å². The van der Waals surface area contributed by atoms with Crippen LogP contribution in [0, 0.1) is 0 Å². The number of esters is 1. The largest absolute Gasteiger partial charge is 0.486 e. The maximum atomic E-state index is 12.2. The van der Waals surface area contributed by atoms with Gasteiger partial charge in [-0.15, -0.1) is 0 Å². The minimum absolute atomic E-state index is 0.122. The van der Waals surface area contributed by atoms with Gasteiger partial charge in [0.25, 0.3) is 5.91 Å². The van der Waals surface area contributed by atoms with E-state index >= 15 is 0 Å². The van der Waals surface area contributed by atoms with Crippen LogP contribution in [0.1, 0.15) is 28.9 Å². The average Bonchev–Trinajstić information content (AvgIpc) is 2.70. The summed E-state index contributed by atoms with van der Waals surface area (Å²) in [5.41, 5.74) is 1.17. The number of carbonyl (C=O) groups excluding carboxylic acids is 2. The Morgan fingerprint density at radius 3 is 2.57 bits per heavy atom. The maximum Gasteiger partial charge on any atom is 0.338 e. The lowest BCUT2D eigenvalue weighted by atomic mass is 10.1. The molecular formula is C20H22N2O7S. The second kappa shape index (κ2) is 9.04. The number of ether oxygens (including phenoxy) is 3. The van der Waals surface area contributed by atoms with Crippen molar-refractivity contribution in [2.45, 2.75) is 13.0 Å². The van der Waals surface area contributed by atoms with Crippen LogP contribution in [0.15, 0.2) is 42.5 Å². The lowest BCUT2D eigenvalue weighted by Crippen LogP contribution is -2.31. The minimum atomic E-state index is -3.47. The number of carbonyl (C=O) groups is 2. The third-order valence-electron chi connectivity index (χ3n) is 4.18. The molecule has 1 amide bonds. The van der Waals surface area contributed by atoms with E-state index in [-0.39, 0.29) is 17.3 Å². The van der Waals surface area contributed by atoms with Crippen LogP contribution < -0.4 is 19.5 Å². The van der Waals surface area contributed by atoms with Gasteiger partial charge in [-0.25, -0.2) is 13.2 Å². The van der Waals surface area contributed by atoms with Crippen molar-refractivity contribution in [1.82, 2.24) is 5.32 Å². The molecule has 10 heteroatoms. The Morgan fingerprint density at radius 2 is 1.83 bits per heavy atom. The molecule has 0 bridgehead atoms. The highest BCUT2D eigenvalue weighted by Gasteiger charge is 2.17. The van der Waals surface area contributed by atoms with E-state index < -0.39 is 28.5 Å². The first-order chi connectivity index (χ1) is 14.2. The van der Waals surface area contributed by atoms with E-state index in [1.165, 1.54) is 24.3 Å². The number of hydrogen-bond donors (Lipinski definition) is 2. The number of sulfonamides is 1. The summed E-state index contributed by atoms with van der Waals surface area (Å²) in [7, 11) is -3.47. The third-order valence-corrected chi connectivity index (χ3v) is 4.79. The van der Waals surface area contributed by atoms with Crippen molar-refractivity contribution < 1.29 is 32.2 Å². The molecule has 0 fully saturated rings. The minimum Gasteiger partial charge on any atom is -0.486 e. The zero-order chi connectivity index (χ0) is 21.7. The van der Waals surface area contributed by atoms with E-state index in [9.17, 15) is 18.0 Å². The molecule has 1 unspecified atom stereocenters. The summed E-state index contributed by atoms with van der Waals surface area (Å²) in [4.78, 5) is 24.3. The Labute approximate surface area is 174 Å². The lowest BCUT2D eigenvalue weighted by molar-refractivity contribution is -0.124. The van der Waals surface area contributed by atoms with Gasteiger partial charge in [0.05, 0.1) is 17.9 Å². The first kappa shape index (κ1) is 21.4. The van der Waals surface area contributed by atoms with Gasteiger partial charge >= 0.3 is 5.97 Å². The van der Waals surface area contributed by atoms with Crippen LogP contribution in [0.3, 0.4) is 0 Å². The van der Waals surface area contributed by atoms with Gasteiger partial charge in [-0.3, -0.25) is 9.52 Å². The Bertz CT molecular complexity index is 1050. The van der Waals surface area contributed by atoms with Gasteiger partial charge < -0.3 is 19.5 Å². The SMILES string of the molecule is CC(NC(=O)COC(=O)c1cccc(NS(C)(=O)=O)c1)c1ccc2c(c1)OCCO2. The van der Waals surface area contributed by atoms with E-state index in [1.807, 2.05) is 6.07 Å². The van der Waals surface area contributed by atoms with Gasteiger partial charge in [-0.05, 0) is 42.8 Å². The summed E-state index contributed by atoms with van der Waals surface area (Å²) >= 11 is 0. The van der Waals surface area contributed by atoms with Crippen molar-refractivity contribution in [2.24, 2.45) is 0 Å². The molecule has 160 valence electrons. The molecule has 0 aromatic heterocycles. The monoisotopic (exact) mass is 434 g/mol. The normalized spacial score (nSPS) is 13.8. The standard InChI is InChI=1S/C20H22N2O7S/c1-13(14-6-7-17-18(11-14)28-9-8-27-17)21-19(23)12-29-20(24)15-4-3-5-16(10-15)22-30(2,25)26/h3-7,10-11,13,22H,8-9,12H2,1-2H3,(H,21,23). The van der Waals surface area contributed by atoms with Crippen molar-refractivity contribution >= 4 is 27.6 Å². The van der Waals surface area contributed by atoms with Gasteiger partial charge in [-0.2, -0.15) is 0 Å².